The van der Waals surface area contributed by atoms with Crippen LogP contribution in [0.1, 0.15) is 12.5 Å². The summed E-state index contributed by atoms with van der Waals surface area (Å²) in [5.74, 6) is -0.737. The Bertz CT molecular complexity index is 1910. The maximum Gasteiger partial charge on any atom is 0.325 e. The van der Waals surface area contributed by atoms with E-state index in [1.54, 1.807) is 40.6 Å². The molecule has 1 N–H and O–H groups in total. The summed E-state index contributed by atoms with van der Waals surface area (Å²) in [4.78, 5) is 38.9. The van der Waals surface area contributed by atoms with Gasteiger partial charge in [0.1, 0.15) is 0 Å². The van der Waals surface area contributed by atoms with Gasteiger partial charge in [-0.05, 0) is 48.2 Å². The highest BCUT2D eigenvalue weighted by Gasteiger charge is 2.34. The van der Waals surface area contributed by atoms with Gasteiger partial charge in [0.25, 0.3) is 11.4 Å². The lowest BCUT2D eigenvalue weighted by molar-refractivity contribution is -0.404. The van der Waals surface area contributed by atoms with Gasteiger partial charge in [-0.3, -0.25) is 34.9 Å². The van der Waals surface area contributed by atoms with Gasteiger partial charge in [0.15, 0.2) is 0 Å². The molecular weight excluding hydrogens is 576 g/mol. The lowest BCUT2D eigenvalue weighted by atomic mass is 9.99. The SMILES string of the molecule is CC(Cc1cccc2c1Nc1ccccc1S2)Cn1c(Oc2c([N+](=O)[O-])cc([N+](=O)[O-])cc2[N+](=O)[O-])nc2ccccc21. The number of aromatic nitrogens is 2. The van der Waals surface area contributed by atoms with E-state index in [1.807, 2.05) is 31.2 Å². The van der Waals surface area contributed by atoms with Crippen molar-refractivity contribution in [2.45, 2.75) is 29.7 Å². The summed E-state index contributed by atoms with van der Waals surface area (Å²) >= 11 is 1.69. The van der Waals surface area contributed by atoms with E-state index in [-0.39, 0.29) is 11.9 Å². The number of anilines is 2. The normalized spacial score (nSPS) is 12.6. The van der Waals surface area contributed by atoms with E-state index in [0.717, 1.165) is 26.7 Å². The van der Waals surface area contributed by atoms with Crippen molar-refractivity contribution in [1.82, 2.24) is 9.55 Å². The topological polar surface area (TPSA) is 168 Å². The minimum atomic E-state index is -0.952. The highest BCUT2D eigenvalue weighted by molar-refractivity contribution is 7.99. The molecule has 13 nitrogen and oxygen atoms in total. The van der Waals surface area contributed by atoms with Crippen molar-refractivity contribution in [1.29, 1.82) is 0 Å². The van der Waals surface area contributed by atoms with Gasteiger partial charge >= 0.3 is 17.4 Å². The lowest BCUT2D eigenvalue weighted by Crippen LogP contribution is -2.13. The van der Waals surface area contributed by atoms with Crippen LogP contribution in [0.15, 0.2) is 88.7 Å². The molecule has 0 saturated heterocycles. The van der Waals surface area contributed by atoms with Crippen LogP contribution in [-0.4, -0.2) is 24.3 Å². The molecule has 0 spiro atoms. The Morgan fingerprint density at radius 2 is 1.56 bits per heavy atom. The number of ether oxygens (including phenoxy) is 1. The molecule has 0 fully saturated rings. The molecular formula is C29H22N6O7S. The Kier molecular flexibility index (Phi) is 7.11. The average Bonchev–Trinajstić information content (AvgIpc) is 3.32. The van der Waals surface area contributed by atoms with Gasteiger partial charge in [0, 0.05) is 16.3 Å². The molecule has 216 valence electrons. The predicted molar refractivity (Wildman–Crippen MR) is 159 cm³/mol. The number of hydrogen-bond acceptors (Lipinski definition) is 10. The minimum Gasteiger partial charge on any atom is -0.411 e. The third kappa shape index (κ3) is 5.30. The van der Waals surface area contributed by atoms with Crippen LogP contribution in [0.4, 0.5) is 28.4 Å². The quantitative estimate of drug-likeness (QED) is 0.129. The maximum atomic E-state index is 11.8. The zero-order valence-corrected chi connectivity index (χ0v) is 23.3. The maximum absolute atomic E-state index is 11.8. The first-order valence-electron chi connectivity index (χ1n) is 13.1. The molecule has 2 heterocycles. The second kappa shape index (κ2) is 11.1. The van der Waals surface area contributed by atoms with Crippen LogP contribution in [0.25, 0.3) is 11.0 Å². The van der Waals surface area contributed by atoms with E-state index >= 15 is 0 Å². The smallest absolute Gasteiger partial charge is 0.325 e. The summed E-state index contributed by atoms with van der Waals surface area (Å²) in [5.41, 5.74) is 1.72. The second-order valence-electron chi connectivity index (χ2n) is 10.0. The summed E-state index contributed by atoms with van der Waals surface area (Å²) in [6.07, 6.45) is 0.655. The van der Waals surface area contributed by atoms with Gasteiger partial charge in [0.05, 0.1) is 49.3 Å². The molecule has 1 aromatic heterocycles. The van der Waals surface area contributed by atoms with E-state index in [4.69, 9.17) is 4.74 Å². The van der Waals surface area contributed by atoms with Crippen LogP contribution >= 0.6 is 11.8 Å². The molecule has 5 aromatic rings. The Balaban J connectivity index is 1.35. The summed E-state index contributed by atoms with van der Waals surface area (Å²) < 4.78 is 7.54. The molecule has 1 aliphatic heterocycles. The fraction of sp³-hybridized carbons (Fsp3) is 0.138. The van der Waals surface area contributed by atoms with Gasteiger partial charge in [-0.15, -0.1) is 0 Å². The number of nitrogens with one attached hydrogen (secondary N) is 1. The lowest BCUT2D eigenvalue weighted by Gasteiger charge is -2.24. The van der Waals surface area contributed by atoms with E-state index in [0.29, 0.717) is 36.1 Å². The fourth-order valence-electron chi connectivity index (χ4n) is 5.10. The third-order valence-corrected chi connectivity index (χ3v) is 8.13. The fourth-order valence-corrected chi connectivity index (χ4v) is 6.15. The number of benzene rings is 4. The second-order valence-corrected chi connectivity index (χ2v) is 11.1. The van der Waals surface area contributed by atoms with Crippen molar-refractivity contribution in [2.75, 3.05) is 5.32 Å². The van der Waals surface area contributed by atoms with Gasteiger partial charge < -0.3 is 10.1 Å². The van der Waals surface area contributed by atoms with Crippen molar-refractivity contribution in [3.63, 3.8) is 0 Å². The van der Waals surface area contributed by atoms with Crippen LogP contribution in [0, 0.1) is 36.3 Å². The van der Waals surface area contributed by atoms with Crippen LogP contribution in [-0.2, 0) is 13.0 Å². The Morgan fingerprint density at radius 1 is 0.884 bits per heavy atom. The zero-order chi connectivity index (χ0) is 30.2. The number of rotatable bonds is 9. The monoisotopic (exact) mass is 598 g/mol. The van der Waals surface area contributed by atoms with E-state index < -0.39 is 37.6 Å². The summed E-state index contributed by atoms with van der Waals surface area (Å²) in [6, 6.07) is 22.5. The van der Waals surface area contributed by atoms with Gasteiger partial charge in [-0.2, -0.15) is 4.98 Å². The van der Waals surface area contributed by atoms with Crippen molar-refractivity contribution in [2.24, 2.45) is 5.92 Å². The predicted octanol–water partition coefficient (Wildman–Crippen LogP) is 7.64. The third-order valence-electron chi connectivity index (χ3n) is 6.99. The van der Waals surface area contributed by atoms with Crippen molar-refractivity contribution < 1.29 is 19.5 Å². The molecule has 0 amide bonds. The average molecular weight is 599 g/mol. The van der Waals surface area contributed by atoms with Crippen molar-refractivity contribution in [3.05, 3.63) is 115 Å². The number of nitro benzene ring substituents is 3. The van der Waals surface area contributed by atoms with Gasteiger partial charge in [-0.1, -0.05) is 55.1 Å². The molecule has 0 bridgehead atoms. The molecule has 0 radical (unpaired) electrons. The summed E-state index contributed by atoms with van der Waals surface area (Å²) in [7, 11) is 0. The first-order valence-corrected chi connectivity index (χ1v) is 13.9. The zero-order valence-electron chi connectivity index (χ0n) is 22.5. The number of nitro groups is 3. The number of non-ortho nitro benzene ring substituents is 1. The number of hydrogen-bond donors (Lipinski definition) is 1. The molecule has 6 rings (SSSR count). The van der Waals surface area contributed by atoms with Crippen LogP contribution in [0.5, 0.6) is 11.8 Å². The highest BCUT2D eigenvalue weighted by atomic mass is 32.2. The number of imidazole rings is 1. The van der Waals surface area contributed by atoms with Gasteiger partial charge in [-0.25, -0.2) is 0 Å². The molecule has 0 aliphatic carbocycles. The van der Waals surface area contributed by atoms with E-state index in [9.17, 15) is 30.3 Å². The summed E-state index contributed by atoms with van der Waals surface area (Å²) in [6.45, 7) is 2.40. The standard InChI is InChI=1S/C29H22N6O7S/c1-17(13-18-7-6-12-26-27(18)30-21-9-3-5-11-25(21)43-26)16-32-22-10-4-2-8-20(22)31-29(32)42-28-23(34(38)39)14-19(33(36)37)15-24(28)35(40)41/h2-12,14-15,17,30H,13,16H2,1H3. The molecule has 43 heavy (non-hydrogen) atoms. The Labute approximate surface area is 247 Å². The molecule has 14 heteroatoms. The van der Waals surface area contributed by atoms with Crippen LogP contribution in [0.3, 0.4) is 0 Å². The van der Waals surface area contributed by atoms with Crippen LogP contribution in [0.2, 0.25) is 0 Å². The van der Waals surface area contributed by atoms with Crippen molar-refractivity contribution >= 4 is 51.2 Å². The number of fused-ring (bicyclic) bond motifs is 3. The minimum absolute atomic E-state index is 0.00254. The molecule has 4 aromatic carbocycles. The Hall–Kier alpha value is -5.50. The van der Waals surface area contributed by atoms with E-state index in [2.05, 4.69) is 28.5 Å². The first kappa shape index (κ1) is 27.7. The largest absolute Gasteiger partial charge is 0.411 e. The molecule has 1 aliphatic rings. The van der Waals surface area contributed by atoms with Crippen LogP contribution < -0.4 is 10.1 Å². The van der Waals surface area contributed by atoms with Gasteiger partial charge in [0.2, 0.25) is 0 Å². The van der Waals surface area contributed by atoms with E-state index in [1.165, 1.54) is 0 Å². The first-order chi connectivity index (χ1) is 20.7. The molecule has 1 unspecified atom stereocenters. The highest BCUT2D eigenvalue weighted by Crippen LogP contribution is 2.46. The molecule has 0 saturated carbocycles. The molecule has 1 atom stereocenters. The Morgan fingerprint density at radius 3 is 2.28 bits per heavy atom. The van der Waals surface area contributed by atoms with Crippen molar-refractivity contribution in [3.8, 4) is 11.8 Å². The number of para-hydroxylation sites is 4. The number of nitrogens with zero attached hydrogens (tertiary/aromatic N) is 5. The summed E-state index contributed by atoms with van der Waals surface area (Å²) in [5, 5.41) is 38.5.